The lowest BCUT2D eigenvalue weighted by Gasteiger charge is -2.16. The molecular weight excluding hydrogens is 224 g/mol. The third-order valence-electron chi connectivity index (χ3n) is 3.28. The van der Waals surface area contributed by atoms with E-state index in [4.69, 9.17) is 10.6 Å². The molecule has 0 fully saturated rings. The number of methoxy groups -OCH3 is 1. The van der Waals surface area contributed by atoms with Crippen LogP contribution in [0.15, 0.2) is 24.3 Å². The fourth-order valence-corrected chi connectivity index (χ4v) is 2.11. The normalized spacial score (nSPS) is 12.4. The van der Waals surface area contributed by atoms with Crippen molar-refractivity contribution in [1.82, 2.24) is 5.43 Å². The van der Waals surface area contributed by atoms with E-state index in [9.17, 15) is 0 Å². The van der Waals surface area contributed by atoms with Crippen LogP contribution in [0.2, 0.25) is 0 Å². The predicted molar refractivity (Wildman–Crippen MR) is 76.6 cm³/mol. The van der Waals surface area contributed by atoms with E-state index in [1.165, 1.54) is 31.2 Å². The molecule has 0 saturated carbocycles. The fourth-order valence-electron chi connectivity index (χ4n) is 2.11. The summed E-state index contributed by atoms with van der Waals surface area (Å²) in [7, 11) is 1.69. The number of rotatable bonds is 9. The van der Waals surface area contributed by atoms with Crippen LogP contribution in [-0.2, 0) is 6.42 Å². The van der Waals surface area contributed by atoms with Gasteiger partial charge in [-0.15, -0.1) is 0 Å². The molecule has 0 amide bonds. The van der Waals surface area contributed by atoms with Gasteiger partial charge >= 0.3 is 0 Å². The lowest BCUT2D eigenvalue weighted by Crippen LogP contribution is -2.36. The van der Waals surface area contributed by atoms with Crippen LogP contribution >= 0.6 is 0 Å². The summed E-state index contributed by atoms with van der Waals surface area (Å²) < 4.78 is 5.15. The highest BCUT2D eigenvalue weighted by atomic mass is 16.5. The number of nitrogens with one attached hydrogen (secondary N) is 1. The quantitative estimate of drug-likeness (QED) is 0.402. The van der Waals surface area contributed by atoms with Crippen LogP contribution in [0.4, 0.5) is 0 Å². The van der Waals surface area contributed by atoms with Crippen molar-refractivity contribution < 1.29 is 4.74 Å². The first-order chi connectivity index (χ1) is 8.80. The summed E-state index contributed by atoms with van der Waals surface area (Å²) >= 11 is 0. The van der Waals surface area contributed by atoms with Crippen LogP contribution in [0, 0.1) is 0 Å². The zero-order chi connectivity index (χ0) is 13.2. The van der Waals surface area contributed by atoms with E-state index < -0.39 is 0 Å². The molecule has 1 atom stereocenters. The van der Waals surface area contributed by atoms with Gasteiger partial charge in [0.15, 0.2) is 0 Å². The van der Waals surface area contributed by atoms with E-state index in [2.05, 4.69) is 24.5 Å². The number of ether oxygens (including phenoxy) is 1. The minimum Gasteiger partial charge on any atom is -0.497 e. The van der Waals surface area contributed by atoms with Gasteiger partial charge in [-0.3, -0.25) is 11.3 Å². The largest absolute Gasteiger partial charge is 0.497 e. The van der Waals surface area contributed by atoms with Crippen molar-refractivity contribution in [1.29, 1.82) is 0 Å². The maximum Gasteiger partial charge on any atom is 0.118 e. The van der Waals surface area contributed by atoms with Crippen molar-refractivity contribution in [2.75, 3.05) is 7.11 Å². The van der Waals surface area contributed by atoms with Crippen molar-refractivity contribution in [3.05, 3.63) is 29.8 Å². The Balaban J connectivity index is 2.36. The molecule has 0 aliphatic heterocycles. The van der Waals surface area contributed by atoms with Crippen LogP contribution < -0.4 is 16.0 Å². The fraction of sp³-hybridized carbons (Fsp3) is 0.600. The van der Waals surface area contributed by atoms with E-state index in [0.717, 1.165) is 18.6 Å². The van der Waals surface area contributed by atoms with Gasteiger partial charge in [0.05, 0.1) is 7.11 Å². The Kier molecular flexibility index (Phi) is 7.46. The highest BCUT2D eigenvalue weighted by molar-refractivity contribution is 5.27. The average molecular weight is 250 g/mol. The highest BCUT2D eigenvalue weighted by Gasteiger charge is 2.07. The molecule has 0 radical (unpaired) electrons. The smallest absolute Gasteiger partial charge is 0.118 e. The molecule has 0 spiro atoms. The van der Waals surface area contributed by atoms with Gasteiger partial charge in [-0.1, -0.05) is 44.7 Å². The SMILES string of the molecule is CCCCCCC(Cc1ccc(OC)cc1)NN. The highest BCUT2D eigenvalue weighted by Crippen LogP contribution is 2.14. The Morgan fingerprint density at radius 2 is 1.89 bits per heavy atom. The van der Waals surface area contributed by atoms with Crippen molar-refractivity contribution in [2.45, 2.75) is 51.5 Å². The molecule has 0 aliphatic rings. The standard InChI is InChI=1S/C15H26N2O/c1-3-4-5-6-7-14(17-16)12-13-8-10-15(18-2)11-9-13/h8-11,14,17H,3-7,12,16H2,1-2H3. The van der Waals surface area contributed by atoms with Gasteiger partial charge in [0.2, 0.25) is 0 Å². The van der Waals surface area contributed by atoms with Gasteiger partial charge in [0.25, 0.3) is 0 Å². The van der Waals surface area contributed by atoms with Crippen LogP contribution in [-0.4, -0.2) is 13.2 Å². The first-order valence-electron chi connectivity index (χ1n) is 6.89. The number of hydrogen-bond donors (Lipinski definition) is 2. The summed E-state index contributed by atoms with van der Waals surface area (Å²) in [4.78, 5) is 0. The van der Waals surface area contributed by atoms with Crippen molar-refractivity contribution in [3.8, 4) is 5.75 Å². The monoisotopic (exact) mass is 250 g/mol. The van der Waals surface area contributed by atoms with E-state index in [-0.39, 0.29) is 0 Å². The Labute approximate surface area is 111 Å². The van der Waals surface area contributed by atoms with E-state index in [1.807, 2.05) is 12.1 Å². The second kappa shape index (κ2) is 8.95. The third kappa shape index (κ3) is 5.52. The molecule has 102 valence electrons. The van der Waals surface area contributed by atoms with Crippen molar-refractivity contribution in [3.63, 3.8) is 0 Å². The molecule has 1 aromatic rings. The molecule has 0 aromatic heterocycles. The summed E-state index contributed by atoms with van der Waals surface area (Å²) in [6, 6.07) is 8.58. The topological polar surface area (TPSA) is 47.3 Å². The summed E-state index contributed by atoms with van der Waals surface area (Å²) in [6.45, 7) is 2.23. The van der Waals surface area contributed by atoms with Gasteiger partial charge in [-0.05, 0) is 30.5 Å². The summed E-state index contributed by atoms with van der Waals surface area (Å²) in [5.74, 6) is 6.52. The van der Waals surface area contributed by atoms with E-state index in [1.54, 1.807) is 7.11 Å². The van der Waals surface area contributed by atoms with E-state index in [0.29, 0.717) is 6.04 Å². The van der Waals surface area contributed by atoms with Gasteiger partial charge in [-0.2, -0.15) is 0 Å². The van der Waals surface area contributed by atoms with Gasteiger partial charge in [-0.25, -0.2) is 0 Å². The van der Waals surface area contributed by atoms with Crippen LogP contribution in [0.3, 0.4) is 0 Å². The van der Waals surface area contributed by atoms with Gasteiger partial charge in [0, 0.05) is 6.04 Å². The van der Waals surface area contributed by atoms with Crippen molar-refractivity contribution in [2.24, 2.45) is 5.84 Å². The predicted octanol–water partition coefficient (Wildman–Crippen LogP) is 3.04. The number of hydrazine groups is 1. The first-order valence-corrected chi connectivity index (χ1v) is 6.89. The molecule has 1 rings (SSSR count). The average Bonchev–Trinajstić information content (AvgIpc) is 2.43. The number of benzene rings is 1. The molecule has 0 aliphatic carbocycles. The summed E-state index contributed by atoms with van der Waals surface area (Å²) in [5.41, 5.74) is 4.23. The molecule has 0 bridgehead atoms. The molecule has 0 heterocycles. The molecule has 3 heteroatoms. The van der Waals surface area contributed by atoms with Crippen LogP contribution in [0.1, 0.15) is 44.6 Å². The summed E-state index contributed by atoms with van der Waals surface area (Å²) in [6.07, 6.45) is 7.27. The molecule has 3 N–H and O–H groups in total. The Morgan fingerprint density at radius 3 is 2.44 bits per heavy atom. The number of hydrogen-bond acceptors (Lipinski definition) is 3. The van der Waals surface area contributed by atoms with Gasteiger partial charge < -0.3 is 4.74 Å². The minimum atomic E-state index is 0.371. The maximum atomic E-state index is 5.62. The van der Waals surface area contributed by atoms with Crippen LogP contribution in [0.5, 0.6) is 5.75 Å². The number of nitrogens with two attached hydrogens (primary N) is 1. The second-order valence-corrected chi connectivity index (χ2v) is 4.77. The lowest BCUT2D eigenvalue weighted by molar-refractivity contribution is 0.414. The Morgan fingerprint density at radius 1 is 1.17 bits per heavy atom. The molecule has 0 saturated heterocycles. The molecular formula is C15H26N2O. The zero-order valence-corrected chi connectivity index (χ0v) is 11.6. The maximum absolute atomic E-state index is 5.62. The molecule has 18 heavy (non-hydrogen) atoms. The first kappa shape index (κ1) is 15.0. The zero-order valence-electron chi connectivity index (χ0n) is 11.6. The van der Waals surface area contributed by atoms with Crippen molar-refractivity contribution >= 4 is 0 Å². The Bertz CT molecular complexity index is 311. The third-order valence-corrected chi connectivity index (χ3v) is 3.28. The minimum absolute atomic E-state index is 0.371. The lowest BCUT2D eigenvalue weighted by atomic mass is 10.0. The van der Waals surface area contributed by atoms with Gasteiger partial charge in [0.1, 0.15) is 5.75 Å². The van der Waals surface area contributed by atoms with E-state index >= 15 is 0 Å². The second-order valence-electron chi connectivity index (χ2n) is 4.77. The molecule has 1 aromatic carbocycles. The molecule has 3 nitrogen and oxygen atoms in total. The summed E-state index contributed by atoms with van der Waals surface area (Å²) in [5, 5.41) is 0. The van der Waals surface area contributed by atoms with Crippen LogP contribution in [0.25, 0.3) is 0 Å². The number of unbranched alkanes of at least 4 members (excludes halogenated alkanes) is 3. The Hall–Kier alpha value is -1.06. The molecule has 1 unspecified atom stereocenters.